The molecular formula is C18H23N3O4. The molecule has 0 aliphatic rings. The van der Waals surface area contributed by atoms with Gasteiger partial charge < -0.3 is 14.8 Å². The molecule has 0 fully saturated rings. The molecule has 1 N–H and O–H groups in total. The lowest BCUT2D eigenvalue weighted by atomic mass is 10.3. The SMILES string of the molecule is Cc1cc(C)n(CCC(=O)OCC(=O)NCCOc2ccccc2)n1. The van der Waals surface area contributed by atoms with Crippen molar-refractivity contribution < 1.29 is 19.1 Å². The van der Waals surface area contributed by atoms with E-state index in [9.17, 15) is 9.59 Å². The molecule has 1 aromatic heterocycles. The van der Waals surface area contributed by atoms with Crippen LogP contribution in [0.2, 0.25) is 0 Å². The van der Waals surface area contributed by atoms with Crippen molar-refractivity contribution in [2.75, 3.05) is 19.8 Å². The molecule has 0 bridgehead atoms. The van der Waals surface area contributed by atoms with Gasteiger partial charge in [-0.3, -0.25) is 14.3 Å². The van der Waals surface area contributed by atoms with Crippen LogP contribution in [0.15, 0.2) is 36.4 Å². The van der Waals surface area contributed by atoms with Gasteiger partial charge in [-0.05, 0) is 32.0 Å². The quantitative estimate of drug-likeness (QED) is 0.552. The van der Waals surface area contributed by atoms with Gasteiger partial charge in [-0.15, -0.1) is 0 Å². The molecule has 134 valence electrons. The third-order valence-electron chi connectivity index (χ3n) is 3.43. The molecule has 0 spiro atoms. The van der Waals surface area contributed by atoms with Crippen LogP contribution in [-0.4, -0.2) is 41.4 Å². The lowest BCUT2D eigenvalue weighted by molar-refractivity contribution is -0.148. The molecule has 0 aliphatic heterocycles. The van der Waals surface area contributed by atoms with Gasteiger partial charge in [-0.25, -0.2) is 0 Å². The zero-order valence-electron chi connectivity index (χ0n) is 14.5. The van der Waals surface area contributed by atoms with Crippen molar-refractivity contribution >= 4 is 11.9 Å². The Kier molecular flexibility index (Phi) is 7.00. The number of carbonyl (C=O) groups is 2. The van der Waals surface area contributed by atoms with Crippen LogP contribution in [0.1, 0.15) is 17.8 Å². The molecule has 7 nitrogen and oxygen atoms in total. The summed E-state index contributed by atoms with van der Waals surface area (Å²) in [6.45, 7) is 4.66. The number of aromatic nitrogens is 2. The number of benzene rings is 1. The molecule has 0 aliphatic carbocycles. The zero-order valence-corrected chi connectivity index (χ0v) is 14.5. The molecule has 1 aromatic carbocycles. The Morgan fingerprint density at radius 3 is 2.64 bits per heavy atom. The van der Waals surface area contributed by atoms with E-state index in [1.54, 1.807) is 4.68 Å². The average molecular weight is 345 g/mol. The van der Waals surface area contributed by atoms with E-state index in [0.29, 0.717) is 19.7 Å². The first-order chi connectivity index (χ1) is 12.0. The van der Waals surface area contributed by atoms with Crippen LogP contribution in [0, 0.1) is 13.8 Å². The number of carbonyl (C=O) groups excluding carboxylic acids is 2. The fourth-order valence-corrected chi connectivity index (χ4v) is 2.24. The van der Waals surface area contributed by atoms with Crippen molar-refractivity contribution in [3.63, 3.8) is 0 Å². The molecule has 1 amide bonds. The van der Waals surface area contributed by atoms with E-state index in [1.165, 1.54) is 0 Å². The second-order valence-corrected chi connectivity index (χ2v) is 5.57. The highest BCUT2D eigenvalue weighted by Crippen LogP contribution is 2.07. The Morgan fingerprint density at radius 1 is 1.20 bits per heavy atom. The number of nitrogens with zero attached hydrogens (tertiary/aromatic N) is 2. The summed E-state index contributed by atoms with van der Waals surface area (Å²) in [6.07, 6.45) is 0.173. The van der Waals surface area contributed by atoms with Crippen LogP contribution in [-0.2, 0) is 20.9 Å². The molecule has 0 saturated heterocycles. The van der Waals surface area contributed by atoms with Gasteiger partial charge in [0.15, 0.2) is 6.61 Å². The second-order valence-electron chi connectivity index (χ2n) is 5.57. The van der Waals surface area contributed by atoms with E-state index in [-0.39, 0.29) is 18.9 Å². The number of esters is 1. The first-order valence-electron chi connectivity index (χ1n) is 8.16. The fourth-order valence-electron chi connectivity index (χ4n) is 2.24. The molecule has 1 heterocycles. The average Bonchev–Trinajstić information content (AvgIpc) is 2.93. The van der Waals surface area contributed by atoms with Gasteiger partial charge in [0, 0.05) is 5.69 Å². The van der Waals surface area contributed by atoms with Crippen molar-refractivity contribution in [1.82, 2.24) is 15.1 Å². The van der Waals surface area contributed by atoms with Gasteiger partial charge in [0.25, 0.3) is 5.91 Å². The van der Waals surface area contributed by atoms with Crippen LogP contribution in [0.3, 0.4) is 0 Å². The van der Waals surface area contributed by atoms with E-state index in [2.05, 4.69) is 10.4 Å². The number of ether oxygens (including phenoxy) is 2. The minimum absolute atomic E-state index is 0.173. The number of nitrogens with one attached hydrogen (secondary N) is 1. The van der Waals surface area contributed by atoms with E-state index >= 15 is 0 Å². The Balaban J connectivity index is 1.56. The summed E-state index contributed by atoms with van der Waals surface area (Å²) in [5.41, 5.74) is 1.89. The van der Waals surface area contributed by atoms with Gasteiger partial charge in [0.05, 0.1) is 25.2 Å². The van der Waals surface area contributed by atoms with Crippen LogP contribution < -0.4 is 10.1 Å². The molecule has 0 atom stereocenters. The molecule has 0 unspecified atom stereocenters. The zero-order chi connectivity index (χ0) is 18.1. The minimum atomic E-state index is -0.428. The topological polar surface area (TPSA) is 82.5 Å². The monoisotopic (exact) mass is 345 g/mol. The number of hydrogen-bond acceptors (Lipinski definition) is 5. The first-order valence-corrected chi connectivity index (χ1v) is 8.16. The number of para-hydroxylation sites is 1. The Labute approximate surface area is 146 Å². The summed E-state index contributed by atoms with van der Waals surface area (Å²) in [5.74, 6) is -0.0355. The first kappa shape index (κ1) is 18.5. The minimum Gasteiger partial charge on any atom is -0.492 e. The maximum absolute atomic E-state index is 11.7. The maximum Gasteiger partial charge on any atom is 0.308 e. The summed E-state index contributed by atoms with van der Waals surface area (Å²) < 4.78 is 12.2. The number of amides is 1. The van der Waals surface area contributed by atoms with Crippen LogP contribution in [0.25, 0.3) is 0 Å². The van der Waals surface area contributed by atoms with E-state index in [4.69, 9.17) is 9.47 Å². The largest absolute Gasteiger partial charge is 0.492 e. The summed E-state index contributed by atoms with van der Waals surface area (Å²) in [7, 11) is 0. The lowest BCUT2D eigenvalue weighted by Gasteiger charge is -2.08. The van der Waals surface area contributed by atoms with Crippen LogP contribution in [0.5, 0.6) is 5.75 Å². The smallest absolute Gasteiger partial charge is 0.308 e. The van der Waals surface area contributed by atoms with E-state index < -0.39 is 5.97 Å². The van der Waals surface area contributed by atoms with Gasteiger partial charge in [-0.2, -0.15) is 5.10 Å². The summed E-state index contributed by atoms with van der Waals surface area (Å²) in [4.78, 5) is 23.3. The maximum atomic E-state index is 11.7. The number of rotatable bonds is 9. The number of aryl methyl sites for hydroxylation is 3. The predicted octanol–water partition coefficient (Wildman–Crippen LogP) is 1.63. The normalized spacial score (nSPS) is 10.3. The highest BCUT2D eigenvalue weighted by molar-refractivity contribution is 5.80. The van der Waals surface area contributed by atoms with Crippen molar-refractivity contribution in [3.05, 3.63) is 47.8 Å². The molecule has 7 heteroatoms. The predicted molar refractivity (Wildman–Crippen MR) is 92.2 cm³/mol. The number of hydrogen-bond donors (Lipinski definition) is 1. The van der Waals surface area contributed by atoms with Crippen molar-refractivity contribution in [3.8, 4) is 5.75 Å². The van der Waals surface area contributed by atoms with Crippen molar-refractivity contribution in [1.29, 1.82) is 0 Å². The van der Waals surface area contributed by atoms with Crippen molar-refractivity contribution in [2.24, 2.45) is 0 Å². The highest BCUT2D eigenvalue weighted by atomic mass is 16.5. The van der Waals surface area contributed by atoms with Gasteiger partial charge in [0.2, 0.25) is 0 Å². The molecule has 25 heavy (non-hydrogen) atoms. The van der Waals surface area contributed by atoms with Crippen molar-refractivity contribution in [2.45, 2.75) is 26.8 Å². The lowest BCUT2D eigenvalue weighted by Crippen LogP contribution is -2.32. The Morgan fingerprint density at radius 2 is 1.96 bits per heavy atom. The Hall–Kier alpha value is -2.83. The standard InChI is InChI=1S/C18H23N3O4/c1-14-12-15(2)21(20-14)10-8-18(23)25-13-17(22)19-9-11-24-16-6-4-3-5-7-16/h3-7,12H,8-11,13H2,1-2H3,(H,19,22). The molecular weight excluding hydrogens is 322 g/mol. The Bertz CT molecular complexity index is 698. The van der Waals surface area contributed by atoms with Crippen LogP contribution in [0.4, 0.5) is 0 Å². The molecule has 0 radical (unpaired) electrons. The van der Waals surface area contributed by atoms with E-state index in [0.717, 1.165) is 17.1 Å². The summed E-state index contributed by atoms with van der Waals surface area (Å²) >= 11 is 0. The molecule has 2 rings (SSSR count). The van der Waals surface area contributed by atoms with Gasteiger partial charge in [0.1, 0.15) is 12.4 Å². The van der Waals surface area contributed by atoms with Crippen LogP contribution >= 0.6 is 0 Å². The summed E-state index contributed by atoms with van der Waals surface area (Å²) in [6, 6.07) is 11.3. The van der Waals surface area contributed by atoms with Gasteiger partial charge in [-0.1, -0.05) is 18.2 Å². The van der Waals surface area contributed by atoms with E-state index in [1.807, 2.05) is 50.2 Å². The second kappa shape index (κ2) is 9.46. The summed E-state index contributed by atoms with van der Waals surface area (Å²) in [5, 5.41) is 6.90. The third-order valence-corrected chi connectivity index (χ3v) is 3.43. The third kappa shape index (κ3) is 6.66. The van der Waals surface area contributed by atoms with Gasteiger partial charge >= 0.3 is 5.97 Å². The fraction of sp³-hybridized carbons (Fsp3) is 0.389. The molecule has 0 saturated carbocycles. The highest BCUT2D eigenvalue weighted by Gasteiger charge is 2.09. The molecule has 2 aromatic rings.